The number of aromatic nitrogens is 2. The Morgan fingerprint density at radius 3 is 2.57 bits per heavy atom. The summed E-state index contributed by atoms with van der Waals surface area (Å²) in [6.07, 6.45) is 0.690. The van der Waals surface area contributed by atoms with Gasteiger partial charge in [-0.05, 0) is 47.0 Å². The molecule has 1 aromatic heterocycles. The minimum absolute atomic E-state index is 0.0574. The molecule has 1 unspecified atom stereocenters. The topological polar surface area (TPSA) is 98.8 Å². The molecule has 1 aliphatic rings. The van der Waals surface area contributed by atoms with E-state index in [1.807, 2.05) is 37.2 Å². The molecule has 30 heavy (non-hydrogen) atoms. The predicted octanol–water partition coefficient (Wildman–Crippen LogP) is 2.41. The van der Waals surface area contributed by atoms with Crippen LogP contribution in [0.25, 0.3) is 5.76 Å². The van der Waals surface area contributed by atoms with Gasteiger partial charge in [0.1, 0.15) is 11.5 Å². The van der Waals surface area contributed by atoms with Crippen LogP contribution in [0, 0.1) is 13.8 Å². The van der Waals surface area contributed by atoms with Gasteiger partial charge in [0.25, 0.3) is 11.7 Å². The summed E-state index contributed by atoms with van der Waals surface area (Å²) in [6, 6.07) is 6.51. The Balaban J connectivity index is 2.17. The number of Topliss-reactive ketones (excluding diaryl/α,β-unsaturated/α-hetero) is 1. The predicted molar refractivity (Wildman–Crippen MR) is 113 cm³/mol. The number of rotatable bonds is 7. The lowest BCUT2D eigenvalue weighted by molar-refractivity contribution is -0.140. The summed E-state index contributed by atoms with van der Waals surface area (Å²) in [4.78, 5) is 29.6. The van der Waals surface area contributed by atoms with Gasteiger partial charge in [-0.1, -0.05) is 18.2 Å². The zero-order chi connectivity index (χ0) is 22.0. The number of likely N-dealkylation sites (tertiary alicyclic amines) is 1. The first-order chi connectivity index (χ1) is 14.3. The molecule has 1 amide bonds. The number of benzene rings is 1. The molecular weight excluding hydrogens is 384 g/mol. The summed E-state index contributed by atoms with van der Waals surface area (Å²) in [5, 5.41) is 18.1. The van der Waals surface area contributed by atoms with Crippen LogP contribution in [-0.4, -0.2) is 71.1 Å². The molecule has 8 nitrogen and oxygen atoms in total. The van der Waals surface area contributed by atoms with Crippen LogP contribution in [0.5, 0.6) is 5.75 Å². The molecule has 160 valence electrons. The molecule has 2 heterocycles. The average Bonchev–Trinajstić information content (AvgIpc) is 3.18. The third kappa shape index (κ3) is 3.82. The minimum Gasteiger partial charge on any atom is -0.507 e. The summed E-state index contributed by atoms with van der Waals surface area (Å²) in [5.41, 5.74) is 2.35. The molecule has 1 aromatic carbocycles. The van der Waals surface area contributed by atoms with Crippen LogP contribution in [0.1, 0.15) is 35.0 Å². The summed E-state index contributed by atoms with van der Waals surface area (Å²) < 4.78 is 5.51. The summed E-state index contributed by atoms with van der Waals surface area (Å²) in [5.74, 6) is -0.991. The number of aliphatic hydroxyl groups is 1. The lowest BCUT2D eigenvalue weighted by Gasteiger charge is -2.27. The van der Waals surface area contributed by atoms with Crippen LogP contribution in [-0.2, 0) is 9.59 Å². The highest BCUT2D eigenvalue weighted by Crippen LogP contribution is 2.43. The van der Waals surface area contributed by atoms with Crippen LogP contribution in [0.4, 0.5) is 0 Å². The van der Waals surface area contributed by atoms with Crippen molar-refractivity contribution in [3.8, 4) is 5.75 Å². The number of ether oxygens (including phenoxy) is 1. The zero-order valence-corrected chi connectivity index (χ0v) is 18.0. The van der Waals surface area contributed by atoms with Gasteiger partial charge in [-0.3, -0.25) is 14.7 Å². The summed E-state index contributed by atoms with van der Waals surface area (Å²) in [6.45, 7) is 4.65. The maximum Gasteiger partial charge on any atom is 0.295 e. The first kappa shape index (κ1) is 21.6. The third-order valence-corrected chi connectivity index (χ3v) is 5.34. The van der Waals surface area contributed by atoms with Crippen molar-refractivity contribution >= 4 is 17.4 Å². The van der Waals surface area contributed by atoms with Gasteiger partial charge in [0.05, 0.1) is 30.0 Å². The van der Waals surface area contributed by atoms with E-state index in [9.17, 15) is 14.7 Å². The van der Waals surface area contributed by atoms with Crippen LogP contribution >= 0.6 is 0 Å². The molecule has 0 radical (unpaired) electrons. The largest absolute Gasteiger partial charge is 0.507 e. The molecule has 8 heteroatoms. The van der Waals surface area contributed by atoms with Crippen molar-refractivity contribution in [1.29, 1.82) is 0 Å². The summed E-state index contributed by atoms with van der Waals surface area (Å²) in [7, 11) is 5.45. The normalized spacial score (nSPS) is 18.5. The van der Waals surface area contributed by atoms with Gasteiger partial charge in [0.2, 0.25) is 0 Å². The second-order valence-electron chi connectivity index (χ2n) is 7.70. The van der Waals surface area contributed by atoms with E-state index in [1.54, 1.807) is 27.0 Å². The molecule has 1 atom stereocenters. The highest BCUT2D eigenvalue weighted by molar-refractivity contribution is 6.46. The number of hydrogen-bond donors (Lipinski definition) is 2. The highest BCUT2D eigenvalue weighted by atomic mass is 16.5. The summed E-state index contributed by atoms with van der Waals surface area (Å²) >= 11 is 0. The van der Waals surface area contributed by atoms with E-state index in [4.69, 9.17) is 4.74 Å². The third-order valence-electron chi connectivity index (χ3n) is 5.34. The van der Waals surface area contributed by atoms with E-state index in [-0.39, 0.29) is 11.3 Å². The van der Waals surface area contributed by atoms with E-state index in [2.05, 4.69) is 10.2 Å². The van der Waals surface area contributed by atoms with E-state index < -0.39 is 17.7 Å². The number of para-hydroxylation sites is 1. The molecule has 2 aromatic rings. The van der Waals surface area contributed by atoms with Crippen LogP contribution in [0.3, 0.4) is 0 Å². The number of aromatic amines is 1. The van der Waals surface area contributed by atoms with Crippen molar-refractivity contribution in [2.45, 2.75) is 26.3 Å². The number of carbonyl (C=O) groups is 2. The number of nitrogens with zero attached hydrogens (tertiary/aromatic N) is 3. The fourth-order valence-corrected chi connectivity index (χ4v) is 3.92. The molecule has 3 rings (SSSR count). The molecule has 0 spiro atoms. The number of methoxy groups -OCH3 is 1. The Bertz CT molecular complexity index is 973. The van der Waals surface area contributed by atoms with Gasteiger partial charge in [-0.15, -0.1) is 0 Å². The molecule has 0 bridgehead atoms. The van der Waals surface area contributed by atoms with Gasteiger partial charge in [-0.2, -0.15) is 5.10 Å². The molecule has 1 aliphatic heterocycles. The molecule has 1 saturated heterocycles. The number of carbonyl (C=O) groups excluding carboxylic acids is 2. The Morgan fingerprint density at radius 1 is 1.27 bits per heavy atom. The number of nitrogens with one attached hydrogen (secondary N) is 1. The van der Waals surface area contributed by atoms with Gasteiger partial charge < -0.3 is 19.6 Å². The number of aliphatic hydroxyl groups excluding tert-OH is 1. The van der Waals surface area contributed by atoms with E-state index in [1.165, 1.54) is 4.90 Å². The maximum absolute atomic E-state index is 13.1. The van der Waals surface area contributed by atoms with Crippen molar-refractivity contribution in [3.05, 3.63) is 52.4 Å². The number of hydrogen-bond acceptors (Lipinski definition) is 6. The minimum atomic E-state index is -0.739. The van der Waals surface area contributed by atoms with Gasteiger partial charge >= 0.3 is 0 Å². The van der Waals surface area contributed by atoms with Crippen LogP contribution < -0.4 is 4.74 Å². The van der Waals surface area contributed by atoms with Crippen LogP contribution in [0.15, 0.2) is 29.8 Å². The molecule has 0 aliphatic carbocycles. The Morgan fingerprint density at radius 2 is 1.97 bits per heavy atom. The SMILES string of the molecule is COc1ccccc1C1/C(=C(\O)c2c(C)n[nH]c2C)C(=O)C(=O)N1CCCN(C)C. The van der Waals surface area contributed by atoms with Crippen molar-refractivity contribution in [2.75, 3.05) is 34.3 Å². The monoisotopic (exact) mass is 412 g/mol. The van der Waals surface area contributed by atoms with Crippen molar-refractivity contribution in [2.24, 2.45) is 0 Å². The molecule has 0 saturated carbocycles. The number of ketones is 1. The maximum atomic E-state index is 13.1. The van der Waals surface area contributed by atoms with E-state index in [0.29, 0.717) is 41.2 Å². The highest BCUT2D eigenvalue weighted by Gasteiger charge is 2.47. The first-order valence-electron chi connectivity index (χ1n) is 9.85. The smallest absolute Gasteiger partial charge is 0.295 e. The van der Waals surface area contributed by atoms with E-state index in [0.717, 1.165) is 6.54 Å². The standard InChI is InChI=1S/C22H28N4O4/c1-13-17(14(2)24-23-13)20(27)18-19(15-9-6-7-10-16(15)30-5)26(22(29)21(18)28)12-8-11-25(3)4/h6-7,9-10,19,27H,8,11-12H2,1-5H3,(H,23,24)/b20-18+. The quantitative estimate of drug-likeness (QED) is 0.412. The van der Waals surface area contributed by atoms with Gasteiger partial charge in [0.15, 0.2) is 0 Å². The average molecular weight is 412 g/mol. The molecule has 2 N–H and O–H groups in total. The number of H-pyrrole nitrogens is 1. The fourth-order valence-electron chi connectivity index (χ4n) is 3.92. The number of amides is 1. The van der Waals surface area contributed by atoms with Crippen molar-refractivity contribution in [1.82, 2.24) is 20.0 Å². The second kappa shape index (κ2) is 8.71. The Hall–Kier alpha value is -3.13. The van der Waals surface area contributed by atoms with Gasteiger partial charge in [-0.25, -0.2) is 0 Å². The second-order valence-corrected chi connectivity index (χ2v) is 7.70. The van der Waals surface area contributed by atoms with Gasteiger partial charge in [0, 0.05) is 17.8 Å². The molecule has 1 fully saturated rings. The van der Waals surface area contributed by atoms with Crippen LogP contribution in [0.2, 0.25) is 0 Å². The Labute approximate surface area is 176 Å². The van der Waals surface area contributed by atoms with E-state index >= 15 is 0 Å². The first-order valence-corrected chi connectivity index (χ1v) is 9.85. The molecular formula is C22H28N4O4. The fraction of sp³-hybridized carbons (Fsp3) is 0.409. The number of aryl methyl sites for hydroxylation is 2. The zero-order valence-electron chi connectivity index (χ0n) is 18.0. The Kier molecular flexibility index (Phi) is 6.26. The lowest BCUT2D eigenvalue weighted by atomic mass is 9.94. The van der Waals surface area contributed by atoms with Crippen molar-refractivity contribution < 1.29 is 19.4 Å². The van der Waals surface area contributed by atoms with Crippen molar-refractivity contribution in [3.63, 3.8) is 0 Å². The lowest BCUT2D eigenvalue weighted by Crippen LogP contribution is -2.32.